The molecule has 1 atom stereocenters. The number of aryl methyl sites for hydroxylation is 1. The van der Waals surface area contributed by atoms with E-state index in [1.807, 2.05) is 18.2 Å². The molecule has 0 radical (unpaired) electrons. The van der Waals surface area contributed by atoms with Crippen molar-refractivity contribution in [2.24, 2.45) is 0 Å². The summed E-state index contributed by atoms with van der Waals surface area (Å²) in [5, 5.41) is 16.7. The number of benzene rings is 2. The van der Waals surface area contributed by atoms with Crippen molar-refractivity contribution in [1.29, 1.82) is 0 Å². The molecule has 0 unspecified atom stereocenters. The van der Waals surface area contributed by atoms with Gasteiger partial charge in [0, 0.05) is 17.5 Å². The predicted molar refractivity (Wildman–Crippen MR) is 105 cm³/mol. The lowest BCUT2D eigenvalue weighted by atomic mass is 9.88. The second kappa shape index (κ2) is 7.91. The van der Waals surface area contributed by atoms with Crippen LogP contribution in [0.2, 0.25) is 0 Å². The van der Waals surface area contributed by atoms with E-state index in [-0.39, 0.29) is 6.61 Å². The van der Waals surface area contributed by atoms with E-state index in [1.165, 1.54) is 5.56 Å². The van der Waals surface area contributed by atoms with Crippen molar-refractivity contribution in [1.82, 2.24) is 10.3 Å². The summed E-state index contributed by atoms with van der Waals surface area (Å²) in [4.78, 5) is 4.75. The summed E-state index contributed by atoms with van der Waals surface area (Å²) in [6, 6.07) is 18.6. The lowest BCUT2D eigenvalue weighted by Crippen LogP contribution is -2.44. The van der Waals surface area contributed by atoms with Crippen LogP contribution in [0.3, 0.4) is 0 Å². The maximum atomic E-state index is 10.0. The number of thiazole rings is 1. The molecular weight excluding hydrogens is 328 g/mol. The van der Waals surface area contributed by atoms with Gasteiger partial charge in [-0.05, 0) is 18.9 Å². The van der Waals surface area contributed by atoms with Gasteiger partial charge in [0.1, 0.15) is 5.01 Å². The fourth-order valence-corrected chi connectivity index (χ4v) is 3.75. The van der Waals surface area contributed by atoms with Crippen molar-refractivity contribution < 1.29 is 5.11 Å². The van der Waals surface area contributed by atoms with Gasteiger partial charge in [-0.3, -0.25) is 5.32 Å². The third-order valence-corrected chi connectivity index (χ3v) is 5.60. The largest absolute Gasteiger partial charge is 0.394 e. The van der Waals surface area contributed by atoms with E-state index in [2.05, 4.69) is 60.9 Å². The lowest BCUT2D eigenvalue weighted by Gasteiger charge is -2.32. The number of aliphatic hydroxyl groups is 1. The molecule has 3 rings (SSSR count). The molecule has 1 aromatic heterocycles. The molecule has 130 valence electrons. The van der Waals surface area contributed by atoms with E-state index in [1.54, 1.807) is 11.3 Å². The number of hydrogen-bond donors (Lipinski definition) is 2. The van der Waals surface area contributed by atoms with Crippen LogP contribution < -0.4 is 5.32 Å². The van der Waals surface area contributed by atoms with E-state index in [4.69, 9.17) is 4.98 Å². The summed E-state index contributed by atoms with van der Waals surface area (Å²) in [6.07, 6.45) is 0.808. The zero-order valence-corrected chi connectivity index (χ0v) is 15.5. The fraction of sp³-hybridized carbons (Fsp3) is 0.286. The van der Waals surface area contributed by atoms with Crippen LogP contribution in [-0.4, -0.2) is 16.7 Å². The molecule has 0 fully saturated rings. The first-order chi connectivity index (χ1) is 12.2. The first-order valence-electron chi connectivity index (χ1n) is 8.60. The standard InChI is InChI=1S/C21H24N2OS/c1-3-21(15-24,18-7-5-4-6-8-18)22-13-19-14-25-20(23-19)17-11-9-16(2)10-12-17/h4-12,14,22,24H,3,13,15H2,1-2H3/t21-/m1/s1. The smallest absolute Gasteiger partial charge is 0.123 e. The van der Waals surface area contributed by atoms with Crippen LogP contribution >= 0.6 is 11.3 Å². The average Bonchev–Trinajstić information content (AvgIpc) is 3.13. The maximum absolute atomic E-state index is 10.0. The van der Waals surface area contributed by atoms with Crippen LogP contribution in [0.1, 0.15) is 30.2 Å². The van der Waals surface area contributed by atoms with Crippen molar-refractivity contribution >= 4 is 11.3 Å². The molecule has 0 spiro atoms. The lowest BCUT2D eigenvalue weighted by molar-refractivity contribution is 0.153. The number of nitrogens with one attached hydrogen (secondary N) is 1. The Morgan fingerprint density at radius 1 is 1.08 bits per heavy atom. The van der Waals surface area contributed by atoms with E-state index >= 15 is 0 Å². The van der Waals surface area contributed by atoms with Gasteiger partial charge in [-0.2, -0.15) is 0 Å². The molecule has 0 bridgehead atoms. The molecule has 0 aliphatic carbocycles. The minimum absolute atomic E-state index is 0.0580. The Morgan fingerprint density at radius 2 is 1.80 bits per heavy atom. The van der Waals surface area contributed by atoms with Gasteiger partial charge < -0.3 is 5.11 Å². The van der Waals surface area contributed by atoms with Crippen molar-refractivity contribution in [3.05, 3.63) is 76.8 Å². The van der Waals surface area contributed by atoms with Crippen LogP contribution in [-0.2, 0) is 12.1 Å². The third-order valence-electron chi connectivity index (χ3n) is 4.66. The van der Waals surface area contributed by atoms with Crippen LogP contribution in [0.25, 0.3) is 10.6 Å². The number of aromatic nitrogens is 1. The SMILES string of the molecule is CC[C@](CO)(NCc1csc(-c2ccc(C)cc2)n1)c1ccccc1. The maximum Gasteiger partial charge on any atom is 0.123 e. The molecule has 2 N–H and O–H groups in total. The Balaban J connectivity index is 1.75. The van der Waals surface area contributed by atoms with Gasteiger partial charge in [-0.15, -0.1) is 11.3 Å². The van der Waals surface area contributed by atoms with E-state index in [0.717, 1.165) is 28.2 Å². The highest BCUT2D eigenvalue weighted by atomic mass is 32.1. The second-order valence-corrected chi connectivity index (χ2v) is 7.18. The fourth-order valence-electron chi connectivity index (χ4n) is 2.92. The molecule has 2 aromatic carbocycles. The minimum Gasteiger partial charge on any atom is -0.394 e. The van der Waals surface area contributed by atoms with Crippen LogP contribution in [0.15, 0.2) is 60.0 Å². The van der Waals surface area contributed by atoms with Crippen LogP contribution in [0.5, 0.6) is 0 Å². The Labute approximate surface area is 153 Å². The summed E-state index contributed by atoms with van der Waals surface area (Å²) in [6.45, 7) is 4.87. The summed E-state index contributed by atoms with van der Waals surface area (Å²) < 4.78 is 0. The highest BCUT2D eigenvalue weighted by Crippen LogP contribution is 2.27. The van der Waals surface area contributed by atoms with E-state index < -0.39 is 5.54 Å². The van der Waals surface area contributed by atoms with Crippen molar-refractivity contribution in [2.45, 2.75) is 32.4 Å². The summed E-state index contributed by atoms with van der Waals surface area (Å²) in [7, 11) is 0. The summed E-state index contributed by atoms with van der Waals surface area (Å²) in [5.41, 5.74) is 4.07. The van der Waals surface area contributed by atoms with Crippen LogP contribution in [0, 0.1) is 6.92 Å². The van der Waals surface area contributed by atoms with Gasteiger partial charge in [0.25, 0.3) is 0 Å². The molecule has 3 aromatic rings. The second-order valence-electron chi connectivity index (χ2n) is 6.32. The highest BCUT2D eigenvalue weighted by Gasteiger charge is 2.29. The monoisotopic (exact) mass is 352 g/mol. The van der Waals surface area contributed by atoms with Crippen molar-refractivity contribution in [2.75, 3.05) is 6.61 Å². The molecule has 0 aliphatic heterocycles. The Morgan fingerprint density at radius 3 is 2.44 bits per heavy atom. The third kappa shape index (κ3) is 3.98. The quantitative estimate of drug-likeness (QED) is 0.658. The molecular formula is C21H24N2OS. The number of hydrogen-bond acceptors (Lipinski definition) is 4. The van der Waals surface area contributed by atoms with Gasteiger partial charge in [0.15, 0.2) is 0 Å². The summed E-state index contributed by atoms with van der Waals surface area (Å²) >= 11 is 1.66. The zero-order chi connectivity index (χ0) is 17.7. The molecule has 0 saturated carbocycles. The molecule has 0 aliphatic rings. The van der Waals surface area contributed by atoms with Gasteiger partial charge in [0.2, 0.25) is 0 Å². The van der Waals surface area contributed by atoms with Crippen molar-refractivity contribution in [3.63, 3.8) is 0 Å². The van der Waals surface area contributed by atoms with Gasteiger partial charge in [0.05, 0.1) is 17.8 Å². The highest BCUT2D eigenvalue weighted by molar-refractivity contribution is 7.13. The van der Waals surface area contributed by atoms with E-state index in [0.29, 0.717) is 6.54 Å². The number of rotatable bonds is 7. The zero-order valence-electron chi connectivity index (χ0n) is 14.7. The predicted octanol–water partition coefficient (Wildman–Crippen LogP) is 4.51. The molecule has 3 nitrogen and oxygen atoms in total. The molecule has 0 amide bonds. The first-order valence-corrected chi connectivity index (χ1v) is 9.47. The molecule has 0 saturated heterocycles. The van der Waals surface area contributed by atoms with Crippen LogP contribution in [0.4, 0.5) is 0 Å². The van der Waals surface area contributed by atoms with Gasteiger partial charge in [-0.1, -0.05) is 67.1 Å². The molecule has 25 heavy (non-hydrogen) atoms. The average molecular weight is 353 g/mol. The topological polar surface area (TPSA) is 45.1 Å². The van der Waals surface area contributed by atoms with Crippen molar-refractivity contribution in [3.8, 4) is 10.6 Å². The van der Waals surface area contributed by atoms with Gasteiger partial charge in [-0.25, -0.2) is 4.98 Å². The van der Waals surface area contributed by atoms with Gasteiger partial charge >= 0.3 is 0 Å². The Bertz CT molecular complexity index is 792. The first kappa shape index (κ1) is 17.8. The Kier molecular flexibility index (Phi) is 5.63. The van der Waals surface area contributed by atoms with E-state index in [9.17, 15) is 5.11 Å². The number of nitrogens with zero attached hydrogens (tertiary/aromatic N) is 1. The molecule has 1 heterocycles. The molecule has 4 heteroatoms. The number of aliphatic hydroxyl groups excluding tert-OH is 1. The summed E-state index contributed by atoms with van der Waals surface area (Å²) in [5.74, 6) is 0. The Hall–Kier alpha value is -2.01. The normalized spacial score (nSPS) is 13.6. The minimum atomic E-state index is -0.436.